The Morgan fingerprint density at radius 1 is 1.19 bits per heavy atom. The molecule has 3 aliphatic heterocycles. The maximum atomic E-state index is 15.1. The fraction of sp³-hybridized carbons (Fsp3) is 0.538. The summed E-state index contributed by atoms with van der Waals surface area (Å²) in [6, 6.07) is 7.72. The summed E-state index contributed by atoms with van der Waals surface area (Å²) < 4.78 is 16.1. The molecule has 4 rings (SSSR count). The summed E-state index contributed by atoms with van der Waals surface area (Å²) in [5.74, 6) is 0.221. The molecule has 3 fully saturated rings. The van der Waals surface area contributed by atoms with Crippen molar-refractivity contribution in [3.8, 4) is 0 Å². The van der Waals surface area contributed by atoms with Crippen molar-refractivity contribution in [2.75, 3.05) is 19.6 Å². The molecular weight excluding hydrogens is 269 g/mol. The Hall–Kier alpha value is -0.410. The van der Waals surface area contributed by atoms with Crippen LogP contribution in [-0.4, -0.2) is 24.5 Å². The zero-order valence-electron chi connectivity index (χ0n) is 9.13. The largest absolute Gasteiger partial charge is 0.300 e. The molecule has 86 valence electrons. The third kappa shape index (κ3) is 1.61. The van der Waals surface area contributed by atoms with Crippen molar-refractivity contribution in [1.29, 1.82) is 0 Å². The van der Waals surface area contributed by atoms with Crippen molar-refractivity contribution in [3.63, 3.8) is 0 Å². The van der Waals surface area contributed by atoms with Gasteiger partial charge in [0.1, 0.15) is 0 Å². The van der Waals surface area contributed by atoms with Gasteiger partial charge in [0.2, 0.25) is 0 Å². The summed E-state index contributed by atoms with van der Waals surface area (Å²) >= 11 is 3.40. The van der Waals surface area contributed by atoms with Gasteiger partial charge in [0.15, 0.2) is 5.67 Å². The van der Waals surface area contributed by atoms with E-state index in [1.807, 2.05) is 24.3 Å². The third-order valence-electron chi connectivity index (χ3n) is 4.01. The number of nitrogens with zero attached hydrogens (tertiary/aromatic N) is 1. The van der Waals surface area contributed by atoms with Crippen LogP contribution in [0.2, 0.25) is 0 Å². The summed E-state index contributed by atoms with van der Waals surface area (Å²) in [6.45, 7) is 2.74. The van der Waals surface area contributed by atoms with Gasteiger partial charge in [-0.3, -0.25) is 4.90 Å². The molecule has 3 aliphatic rings. The molecule has 0 radical (unpaired) electrons. The number of hydrogen-bond donors (Lipinski definition) is 0. The SMILES string of the molecule is FC1(c2ccc(Br)cc2)CN2CCC1CC2. The summed E-state index contributed by atoms with van der Waals surface area (Å²) in [7, 11) is 0. The summed E-state index contributed by atoms with van der Waals surface area (Å²) in [4.78, 5) is 2.25. The highest BCUT2D eigenvalue weighted by atomic mass is 79.9. The summed E-state index contributed by atoms with van der Waals surface area (Å²) in [6.07, 6.45) is 2.01. The number of fused-ring (bicyclic) bond motifs is 3. The van der Waals surface area contributed by atoms with Gasteiger partial charge in [0.05, 0.1) is 0 Å². The first-order chi connectivity index (χ1) is 7.68. The van der Waals surface area contributed by atoms with Gasteiger partial charge in [-0.2, -0.15) is 0 Å². The number of rotatable bonds is 1. The monoisotopic (exact) mass is 283 g/mol. The number of piperidine rings is 3. The fourth-order valence-electron chi connectivity index (χ4n) is 3.06. The van der Waals surface area contributed by atoms with Crippen LogP contribution in [0.3, 0.4) is 0 Å². The number of hydrogen-bond acceptors (Lipinski definition) is 1. The normalized spacial score (nSPS) is 37.6. The first-order valence-corrected chi connectivity index (χ1v) is 6.65. The second-order valence-corrected chi connectivity index (χ2v) is 5.84. The second-order valence-electron chi connectivity index (χ2n) is 4.92. The van der Waals surface area contributed by atoms with Gasteiger partial charge >= 0.3 is 0 Å². The topological polar surface area (TPSA) is 3.24 Å². The molecule has 0 N–H and O–H groups in total. The molecule has 0 saturated carbocycles. The molecule has 1 aromatic rings. The Balaban J connectivity index is 1.95. The molecule has 0 amide bonds. The van der Waals surface area contributed by atoms with E-state index in [0.717, 1.165) is 36.0 Å². The molecule has 1 nitrogen and oxygen atoms in total. The maximum Gasteiger partial charge on any atom is 0.151 e. The first kappa shape index (κ1) is 10.7. The van der Waals surface area contributed by atoms with E-state index in [1.165, 1.54) is 0 Å². The highest BCUT2D eigenvalue weighted by Gasteiger charge is 2.48. The van der Waals surface area contributed by atoms with Crippen molar-refractivity contribution >= 4 is 15.9 Å². The lowest BCUT2D eigenvalue weighted by molar-refractivity contribution is -0.0588. The molecule has 3 saturated heterocycles. The van der Waals surface area contributed by atoms with Gasteiger partial charge < -0.3 is 0 Å². The predicted octanol–water partition coefficient (Wildman–Crippen LogP) is 3.34. The van der Waals surface area contributed by atoms with Crippen molar-refractivity contribution in [3.05, 3.63) is 34.3 Å². The van der Waals surface area contributed by atoms with E-state index in [1.54, 1.807) is 0 Å². The average Bonchev–Trinajstić information content (AvgIpc) is 2.31. The van der Waals surface area contributed by atoms with Crippen molar-refractivity contribution < 1.29 is 4.39 Å². The van der Waals surface area contributed by atoms with E-state index in [-0.39, 0.29) is 5.92 Å². The van der Waals surface area contributed by atoms with Crippen molar-refractivity contribution in [2.24, 2.45) is 5.92 Å². The van der Waals surface area contributed by atoms with Gasteiger partial charge in [-0.25, -0.2) is 4.39 Å². The number of halogens is 2. The standard InChI is InChI=1S/C13H15BrFN/c14-12-3-1-10(2-4-12)13(15)9-16-7-5-11(13)6-8-16/h1-4,11H,5-9H2. The van der Waals surface area contributed by atoms with Crippen LogP contribution < -0.4 is 0 Å². The van der Waals surface area contributed by atoms with Crippen LogP contribution >= 0.6 is 15.9 Å². The highest BCUT2D eigenvalue weighted by Crippen LogP contribution is 2.45. The van der Waals surface area contributed by atoms with E-state index < -0.39 is 5.67 Å². The Kier molecular flexibility index (Phi) is 2.55. The molecule has 0 spiro atoms. The smallest absolute Gasteiger partial charge is 0.151 e. The lowest BCUT2D eigenvalue weighted by atomic mass is 9.73. The lowest BCUT2D eigenvalue weighted by Gasteiger charge is -2.49. The quantitative estimate of drug-likeness (QED) is 0.764. The molecule has 16 heavy (non-hydrogen) atoms. The zero-order valence-corrected chi connectivity index (χ0v) is 10.7. The maximum absolute atomic E-state index is 15.1. The van der Waals surface area contributed by atoms with Crippen molar-refractivity contribution in [1.82, 2.24) is 4.90 Å². The molecule has 2 bridgehead atoms. The van der Waals surface area contributed by atoms with E-state index in [0.29, 0.717) is 6.54 Å². The molecule has 1 aromatic carbocycles. The Labute approximate surface area is 104 Å². The summed E-state index contributed by atoms with van der Waals surface area (Å²) in [5, 5.41) is 0. The van der Waals surface area contributed by atoms with Crippen LogP contribution in [0.1, 0.15) is 18.4 Å². The molecular formula is C13H15BrFN. The Morgan fingerprint density at radius 3 is 2.31 bits per heavy atom. The average molecular weight is 284 g/mol. The van der Waals surface area contributed by atoms with E-state index in [2.05, 4.69) is 20.8 Å². The number of alkyl halides is 1. The molecule has 3 heterocycles. The minimum Gasteiger partial charge on any atom is -0.300 e. The third-order valence-corrected chi connectivity index (χ3v) is 4.54. The van der Waals surface area contributed by atoms with Gasteiger partial charge in [-0.05, 0) is 43.6 Å². The highest BCUT2D eigenvalue weighted by molar-refractivity contribution is 9.10. The second kappa shape index (κ2) is 3.81. The molecule has 1 atom stereocenters. The van der Waals surface area contributed by atoms with E-state index in [9.17, 15) is 0 Å². The predicted molar refractivity (Wildman–Crippen MR) is 66.1 cm³/mol. The minimum absolute atomic E-state index is 0.221. The van der Waals surface area contributed by atoms with Crippen molar-refractivity contribution in [2.45, 2.75) is 18.5 Å². The Bertz CT molecular complexity index is 383. The van der Waals surface area contributed by atoms with Gasteiger partial charge in [-0.1, -0.05) is 28.1 Å². The van der Waals surface area contributed by atoms with Gasteiger partial charge in [0.25, 0.3) is 0 Å². The molecule has 1 unspecified atom stereocenters. The molecule has 3 heteroatoms. The van der Waals surface area contributed by atoms with Crippen LogP contribution in [0.25, 0.3) is 0 Å². The van der Waals surface area contributed by atoms with Crippen LogP contribution in [0, 0.1) is 5.92 Å². The Morgan fingerprint density at radius 2 is 1.81 bits per heavy atom. The first-order valence-electron chi connectivity index (χ1n) is 5.86. The van der Waals surface area contributed by atoms with Gasteiger partial charge in [0, 0.05) is 16.9 Å². The van der Waals surface area contributed by atoms with Crippen LogP contribution in [-0.2, 0) is 5.67 Å². The molecule has 0 aliphatic carbocycles. The fourth-order valence-corrected chi connectivity index (χ4v) is 3.32. The molecule has 0 aromatic heterocycles. The van der Waals surface area contributed by atoms with Gasteiger partial charge in [-0.15, -0.1) is 0 Å². The number of benzene rings is 1. The van der Waals surface area contributed by atoms with Crippen LogP contribution in [0.5, 0.6) is 0 Å². The lowest BCUT2D eigenvalue weighted by Crippen LogP contribution is -2.54. The minimum atomic E-state index is -1.11. The van der Waals surface area contributed by atoms with E-state index in [4.69, 9.17) is 0 Å². The van der Waals surface area contributed by atoms with Crippen LogP contribution in [0.4, 0.5) is 4.39 Å². The van der Waals surface area contributed by atoms with Crippen LogP contribution in [0.15, 0.2) is 28.7 Å². The zero-order chi connectivity index (χ0) is 11.2. The van der Waals surface area contributed by atoms with E-state index >= 15 is 4.39 Å². The summed E-state index contributed by atoms with van der Waals surface area (Å²) in [5.41, 5.74) is -0.262.